The van der Waals surface area contributed by atoms with Crippen molar-refractivity contribution in [1.29, 1.82) is 0 Å². The zero-order chi connectivity index (χ0) is 10.3. The Bertz CT molecular complexity index is 267. The largest absolute Gasteiger partial charge is 0.342 e. The van der Waals surface area contributed by atoms with Crippen molar-refractivity contribution in [2.45, 2.75) is 32.1 Å². The van der Waals surface area contributed by atoms with Gasteiger partial charge in [0.15, 0.2) is 0 Å². The number of hydrogen-bond donors (Lipinski definition) is 1. The van der Waals surface area contributed by atoms with Gasteiger partial charge in [-0.2, -0.15) is 0 Å². The van der Waals surface area contributed by atoms with Crippen LogP contribution < -0.4 is 5.32 Å². The standard InChI is InChI=1S/C12H20N2O/c15-11-12(4-1-6-13-9-12)5-7-14(11)8-10-2-3-10/h10,13H,1-9H2. The first-order chi connectivity index (χ1) is 7.30. The van der Waals surface area contributed by atoms with Crippen LogP contribution in [0.4, 0.5) is 0 Å². The molecule has 3 rings (SSSR count). The Kier molecular flexibility index (Phi) is 2.23. The van der Waals surface area contributed by atoms with Gasteiger partial charge < -0.3 is 10.2 Å². The number of nitrogens with zero attached hydrogens (tertiary/aromatic N) is 1. The molecule has 1 atom stereocenters. The van der Waals surface area contributed by atoms with Crippen LogP contribution in [0.2, 0.25) is 0 Å². The van der Waals surface area contributed by atoms with Gasteiger partial charge in [0.05, 0.1) is 5.41 Å². The van der Waals surface area contributed by atoms with Gasteiger partial charge in [0.25, 0.3) is 0 Å². The second-order valence-corrected chi connectivity index (χ2v) is 5.51. The van der Waals surface area contributed by atoms with Gasteiger partial charge in [-0.1, -0.05) is 0 Å². The van der Waals surface area contributed by atoms with E-state index in [4.69, 9.17) is 0 Å². The quantitative estimate of drug-likeness (QED) is 0.734. The van der Waals surface area contributed by atoms with Crippen LogP contribution in [0.5, 0.6) is 0 Å². The van der Waals surface area contributed by atoms with E-state index in [-0.39, 0.29) is 5.41 Å². The van der Waals surface area contributed by atoms with E-state index in [1.807, 2.05) is 0 Å². The summed E-state index contributed by atoms with van der Waals surface area (Å²) in [6.45, 7) is 4.07. The van der Waals surface area contributed by atoms with Gasteiger partial charge in [-0.15, -0.1) is 0 Å². The maximum atomic E-state index is 12.3. The lowest BCUT2D eigenvalue weighted by molar-refractivity contribution is -0.137. The maximum absolute atomic E-state index is 12.3. The van der Waals surface area contributed by atoms with E-state index in [1.54, 1.807) is 0 Å². The average Bonchev–Trinajstić information content (AvgIpc) is 3.03. The predicted molar refractivity (Wildman–Crippen MR) is 58.5 cm³/mol. The third-order valence-electron chi connectivity index (χ3n) is 4.25. The number of rotatable bonds is 2. The average molecular weight is 208 g/mol. The summed E-state index contributed by atoms with van der Waals surface area (Å²) < 4.78 is 0. The summed E-state index contributed by atoms with van der Waals surface area (Å²) in [7, 11) is 0. The molecule has 3 fully saturated rings. The molecule has 84 valence electrons. The van der Waals surface area contributed by atoms with E-state index in [0.717, 1.165) is 44.9 Å². The third kappa shape index (κ3) is 1.67. The van der Waals surface area contributed by atoms with Crippen LogP contribution in [0.25, 0.3) is 0 Å². The molecule has 1 saturated carbocycles. The fourth-order valence-corrected chi connectivity index (χ4v) is 3.04. The highest BCUT2D eigenvalue weighted by Crippen LogP contribution is 2.40. The van der Waals surface area contributed by atoms with Crippen molar-refractivity contribution >= 4 is 5.91 Å². The number of hydrogen-bond acceptors (Lipinski definition) is 2. The second-order valence-electron chi connectivity index (χ2n) is 5.51. The van der Waals surface area contributed by atoms with Gasteiger partial charge in [-0.3, -0.25) is 4.79 Å². The van der Waals surface area contributed by atoms with Crippen molar-refractivity contribution < 1.29 is 4.79 Å². The van der Waals surface area contributed by atoms with E-state index >= 15 is 0 Å². The van der Waals surface area contributed by atoms with E-state index in [2.05, 4.69) is 10.2 Å². The minimum absolute atomic E-state index is 0.00681. The molecule has 1 unspecified atom stereocenters. The SMILES string of the molecule is O=C1N(CC2CC2)CCC12CCCNC2. The minimum Gasteiger partial charge on any atom is -0.342 e. The summed E-state index contributed by atoms with van der Waals surface area (Å²) in [5.74, 6) is 1.28. The first kappa shape index (κ1) is 9.64. The third-order valence-corrected chi connectivity index (χ3v) is 4.25. The summed E-state index contributed by atoms with van der Waals surface area (Å²) >= 11 is 0. The summed E-state index contributed by atoms with van der Waals surface area (Å²) in [5, 5.41) is 3.39. The predicted octanol–water partition coefficient (Wildman–Crippen LogP) is 0.998. The van der Waals surface area contributed by atoms with Crippen molar-refractivity contribution in [3.05, 3.63) is 0 Å². The Labute approximate surface area is 91.2 Å². The van der Waals surface area contributed by atoms with E-state index < -0.39 is 0 Å². The van der Waals surface area contributed by atoms with E-state index in [9.17, 15) is 4.79 Å². The molecule has 0 aromatic heterocycles. The highest BCUT2D eigenvalue weighted by Gasteiger charge is 2.47. The summed E-state index contributed by atoms with van der Waals surface area (Å²) in [5.41, 5.74) is -0.00681. The number of piperidine rings is 1. The molecule has 1 N–H and O–H groups in total. The molecule has 1 aliphatic carbocycles. The van der Waals surface area contributed by atoms with Crippen LogP contribution in [-0.4, -0.2) is 37.0 Å². The molecular weight excluding hydrogens is 188 g/mol. The molecule has 3 nitrogen and oxygen atoms in total. The molecule has 0 bridgehead atoms. The summed E-state index contributed by atoms with van der Waals surface area (Å²) in [6, 6.07) is 0. The molecule has 2 heterocycles. The fraction of sp³-hybridized carbons (Fsp3) is 0.917. The monoisotopic (exact) mass is 208 g/mol. The van der Waals surface area contributed by atoms with Gasteiger partial charge in [0, 0.05) is 19.6 Å². The van der Waals surface area contributed by atoms with Crippen LogP contribution in [-0.2, 0) is 4.79 Å². The van der Waals surface area contributed by atoms with Gasteiger partial charge in [-0.25, -0.2) is 0 Å². The summed E-state index contributed by atoms with van der Waals surface area (Å²) in [4.78, 5) is 14.5. The highest BCUT2D eigenvalue weighted by atomic mass is 16.2. The number of nitrogens with one attached hydrogen (secondary N) is 1. The molecular formula is C12H20N2O. The van der Waals surface area contributed by atoms with E-state index in [1.165, 1.54) is 19.3 Å². The highest BCUT2D eigenvalue weighted by molar-refractivity contribution is 5.85. The van der Waals surface area contributed by atoms with Crippen molar-refractivity contribution in [3.8, 4) is 0 Å². The van der Waals surface area contributed by atoms with Crippen LogP contribution in [0.15, 0.2) is 0 Å². The van der Waals surface area contributed by atoms with Crippen LogP contribution in [0.1, 0.15) is 32.1 Å². The van der Waals surface area contributed by atoms with E-state index in [0.29, 0.717) is 5.91 Å². The Balaban J connectivity index is 1.68. The molecule has 0 radical (unpaired) electrons. The van der Waals surface area contributed by atoms with Crippen LogP contribution >= 0.6 is 0 Å². The normalized spacial score (nSPS) is 36.5. The second kappa shape index (κ2) is 3.48. The zero-order valence-corrected chi connectivity index (χ0v) is 9.30. The minimum atomic E-state index is -0.00681. The van der Waals surface area contributed by atoms with Gasteiger partial charge in [0.2, 0.25) is 5.91 Å². The molecule has 2 aliphatic heterocycles. The van der Waals surface area contributed by atoms with Crippen molar-refractivity contribution in [2.75, 3.05) is 26.2 Å². The molecule has 2 saturated heterocycles. The summed E-state index contributed by atoms with van der Waals surface area (Å²) in [6.07, 6.45) is 6.05. The first-order valence-corrected chi connectivity index (χ1v) is 6.30. The van der Waals surface area contributed by atoms with Gasteiger partial charge in [0.1, 0.15) is 0 Å². The van der Waals surface area contributed by atoms with Crippen LogP contribution in [0.3, 0.4) is 0 Å². The van der Waals surface area contributed by atoms with Gasteiger partial charge in [-0.05, 0) is 44.6 Å². The molecule has 3 heteroatoms. The van der Waals surface area contributed by atoms with Crippen molar-refractivity contribution in [1.82, 2.24) is 10.2 Å². The van der Waals surface area contributed by atoms with Crippen LogP contribution in [0, 0.1) is 11.3 Å². The Morgan fingerprint density at radius 1 is 1.40 bits per heavy atom. The number of amides is 1. The zero-order valence-electron chi connectivity index (χ0n) is 9.30. The Morgan fingerprint density at radius 2 is 2.27 bits per heavy atom. The molecule has 0 aromatic rings. The topological polar surface area (TPSA) is 32.3 Å². The number of carbonyl (C=O) groups excluding carboxylic acids is 1. The number of carbonyl (C=O) groups is 1. The molecule has 0 aromatic carbocycles. The molecule has 1 spiro atoms. The Hall–Kier alpha value is -0.570. The van der Waals surface area contributed by atoms with Crippen molar-refractivity contribution in [2.24, 2.45) is 11.3 Å². The first-order valence-electron chi connectivity index (χ1n) is 6.30. The lowest BCUT2D eigenvalue weighted by Crippen LogP contribution is -2.45. The Morgan fingerprint density at radius 3 is 2.93 bits per heavy atom. The lowest BCUT2D eigenvalue weighted by atomic mass is 9.79. The smallest absolute Gasteiger partial charge is 0.230 e. The van der Waals surface area contributed by atoms with Gasteiger partial charge >= 0.3 is 0 Å². The van der Waals surface area contributed by atoms with Crippen molar-refractivity contribution in [3.63, 3.8) is 0 Å². The molecule has 3 aliphatic rings. The molecule has 15 heavy (non-hydrogen) atoms. The molecule has 1 amide bonds. The maximum Gasteiger partial charge on any atom is 0.230 e. The number of likely N-dealkylation sites (tertiary alicyclic amines) is 1. The fourth-order valence-electron chi connectivity index (χ4n) is 3.04. The lowest BCUT2D eigenvalue weighted by Gasteiger charge is -2.32.